The second kappa shape index (κ2) is 4.13. The molecule has 1 nitrogen and oxygen atoms in total. The van der Waals surface area contributed by atoms with Crippen molar-refractivity contribution in [2.45, 2.75) is 37.5 Å². The van der Waals surface area contributed by atoms with Crippen LogP contribution in [0.25, 0.3) is 0 Å². The Hall–Kier alpha value is -0.820. The molecule has 0 aliphatic heterocycles. The van der Waals surface area contributed by atoms with Crippen LogP contribution in [0.15, 0.2) is 24.3 Å². The number of rotatable bonds is 3. The molecule has 0 saturated heterocycles. The quantitative estimate of drug-likeness (QED) is 0.740. The van der Waals surface area contributed by atoms with Crippen molar-refractivity contribution < 1.29 is 4.79 Å². The summed E-state index contributed by atoms with van der Waals surface area (Å²) in [6, 6.07) is 8.07. The van der Waals surface area contributed by atoms with E-state index in [9.17, 15) is 4.79 Å². The smallest absolute Gasteiger partial charge is 0.124 e. The van der Waals surface area contributed by atoms with Crippen molar-refractivity contribution in [3.8, 4) is 0 Å². The van der Waals surface area contributed by atoms with E-state index < -0.39 is 0 Å². The molecule has 0 radical (unpaired) electrons. The summed E-state index contributed by atoms with van der Waals surface area (Å²) >= 11 is 6.33. The minimum absolute atomic E-state index is 0.0800. The molecule has 2 atom stereocenters. The lowest BCUT2D eigenvalue weighted by Gasteiger charge is -2.25. The zero-order chi connectivity index (χ0) is 11.9. The van der Waals surface area contributed by atoms with Gasteiger partial charge in [0.05, 0.1) is 0 Å². The molecule has 0 spiro atoms. The highest BCUT2D eigenvalue weighted by Gasteiger charge is 2.60. The predicted molar refractivity (Wildman–Crippen MR) is 69.3 cm³/mol. The van der Waals surface area contributed by atoms with E-state index in [0.717, 1.165) is 17.7 Å². The Labute approximate surface area is 107 Å². The van der Waals surface area contributed by atoms with Gasteiger partial charge < -0.3 is 4.79 Å². The molecule has 0 aromatic heterocycles. The SMILES string of the molecule is O=CC1CC1(c1ccccc1Cl)C1CCCC1. The molecular formula is C15H17ClO. The molecule has 0 heterocycles. The van der Waals surface area contributed by atoms with Crippen LogP contribution in [-0.2, 0) is 10.2 Å². The number of carbonyl (C=O) groups is 1. The van der Waals surface area contributed by atoms with Crippen LogP contribution in [0, 0.1) is 11.8 Å². The maximum Gasteiger partial charge on any atom is 0.124 e. The van der Waals surface area contributed by atoms with Crippen LogP contribution < -0.4 is 0 Å². The molecule has 2 aliphatic carbocycles. The van der Waals surface area contributed by atoms with E-state index in [1.54, 1.807) is 0 Å². The summed E-state index contributed by atoms with van der Waals surface area (Å²) in [5, 5.41) is 0.837. The first-order valence-corrected chi connectivity index (χ1v) is 6.87. The van der Waals surface area contributed by atoms with Crippen LogP contribution in [0.5, 0.6) is 0 Å². The van der Waals surface area contributed by atoms with Gasteiger partial charge >= 0.3 is 0 Å². The Morgan fingerprint density at radius 3 is 2.53 bits per heavy atom. The standard InChI is InChI=1S/C15H17ClO/c16-14-8-4-3-7-13(14)15(9-12(15)10-17)11-5-1-2-6-11/h3-4,7-8,10-12H,1-2,5-6,9H2. The second-order valence-corrected chi connectivity index (χ2v) is 5.86. The Morgan fingerprint density at radius 1 is 1.24 bits per heavy atom. The Bertz CT molecular complexity index is 436. The van der Waals surface area contributed by atoms with Crippen LogP contribution >= 0.6 is 11.6 Å². The van der Waals surface area contributed by atoms with Crippen molar-refractivity contribution in [2.24, 2.45) is 11.8 Å². The number of hydrogen-bond acceptors (Lipinski definition) is 1. The fourth-order valence-electron chi connectivity index (χ4n) is 3.75. The predicted octanol–water partition coefficient (Wildman–Crippen LogP) is 3.99. The van der Waals surface area contributed by atoms with Crippen LogP contribution in [0.4, 0.5) is 0 Å². The van der Waals surface area contributed by atoms with Gasteiger partial charge in [0.1, 0.15) is 6.29 Å². The zero-order valence-corrected chi connectivity index (χ0v) is 10.6. The molecule has 1 aromatic carbocycles. The van der Waals surface area contributed by atoms with Crippen molar-refractivity contribution in [1.82, 2.24) is 0 Å². The second-order valence-electron chi connectivity index (χ2n) is 5.45. The first-order valence-electron chi connectivity index (χ1n) is 6.49. The minimum Gasteiger partial charge on any atom is -0.303 e. The van der Waals surface area contributed by atoms with E-state index in [4.69, 9.17) is 11.6 Å². The maximum atomic E-state index is 11.2. The van der Waals surface area contributed by atoms with Gasteiger partial charge in [0.2, 0.25) is 0 Å². The van der Waals surface area contributed by atoms with Gasteiger partial charge in [-0.25, -0.2) is 0 Å². The van der Waals surface area contributed by atoms with E-state index >= 15 is 0 Å². The summed E-state index contributed by atoms with van der Waals surface area (Å²) in [6.45, 7) is 0. The van der Waals surface area contributed by atoms with Gasteiger partial charge in [-0.15, -0.1) is 0 Å². The summed E-state index contributed by atoms with van der Waals surface area (Å²) in [6.07, 6.45) is 7.28. The van der Waals surface area contributed by atoms with Crippen LogP contribution in [0.2, 0.25) is 5.02 Å². The van der Waals surface area contributed by atoms with Crippen molar-refractivity contribution in [1.29, 1.82) is 0 Å². The summed E-state index contributed by atoms with van der Waals surface area (Å²) in [5.74, 6) is 0.864. The third-order valence-electron chi connectivity index (χ3n) is 4.68. The molecule has 2 unspecified atom stereocenters. The lowest BCUT2D eigenvalue weighted by Crippen LogP contribution is -2.21. The van der Waals surface area contributed by atoms with E-state index in [2.05, 4.69) is 6.07 Å². The fraction of sp³-hybridized carbons (Fsp3) is 0.533. The molecule has 1 aromatic rings. The summed E-state index contributed by atoms with van der Waals surface area (Å²) in [7, 11) is 0. The van der Waals surface area contributed by atoms with Gasteiger partial charge in [-0.05, 0) is 36.8 Å². The van der Waals surface area contributed by atoms with Crippen molar-refractivity contribution >= 4 is 17.9 Å². The van der Waals surface area contributed by atoms with E-state index in [0.29, 0.717) is 5.92 Å². The van der Waals surface area contributed by atoms with E-state index in [1.807, 2.05) is 18.2 Å². The molecule has 2 fully saturated rings. The number of carbonyl (C=O) groups excluding carboxylic acids is 1. The van der Waals surface area contributed by atoms with Gasteiger partial charge in [-0.3, -0.25) is 0 Å². The summed E-state index contributed by atoms with van der Waals surface area (Å²) < 4.78 is 0. The lowest BCUT2D eigenvalue weighted by atomic mass is 9.79. The number of benzene rings is 1. The van der Waals surface area contributed by atoms with Crippen LogP contribution in [-0.4, -0.2) is 6.29 Å². The largest absolute Gasteiger partial charge is 0.303 e. The number of halogens is 1. The third-order valence-corrected chi connectivity index (χ3v) is 5.01. The van der Waals surface area contributed by atoms with Crippen LogP contribution in [0.1, 0.15) is 37.7 Å². The maximum absolute atomic E-state index is 11.2. The van der Waals surface area contributed by atoms with Gasteiger partial charge in [0.15, 0.2) is 0 Å². The average molecular weight is 249 g/mol. The molecular weight excluding hydrogens is 232 g/mol. The highest BCUT2D eigenvalue weighted by atomic mass is 35.5. The molecule has 2 heteroatoms. The van der Waals surface area contributed by atoms with Crippen molar-refractivity contribution in [3.63, 3.8) is 0 Å². The van der Waals surface area contributed by atoms with Gasteiger partial charge in [0.25, 0.3) is 0 Å². The Morgan fingerprint density at radius 2 is 1.94 bits per heavy atom. The zero-order valence-electron chi connectivity index (χ0n) is 9.86. The highest BCUT2D eigenvalue weighted by molar-refractivity contribution is 6.31. The van der Waals surface area contributed by atoms with Crippen molar-refractivity contribution in [3.05, 3.63) is 34.9 Å². The normalized spacial score (nSPS) is 32.6. The van der Waals surface area contributed by atoms with Crippen molar-refractivity contribution in [2.75, 3.05) is 0 Å². The molecule has 2 saturated carbocycles. The Kier molecular flexibility index (Phi) is 2.74. The highest BCUT2D eigenvalue weighted by Crippen LogP contribution is 2.63. The molecule has 0 amide bonds. The Balaban J connectivity index is 2.01. The molecule has 0 N–H and O–H groups in total. The topological polar surface area (TPSA) is 17.1 Å². The summed E-state index contributed by atoms with van der Waals surface area (Å²) in [4.78, 5) is 11.2. The first-order chi connectivity index (χ1) is 8.29. The third kappa shape index (κ3) is 1.63. The number of aldehydes is 1. The minimum atomic E-state index is 0.0800. The molecule has 17 heavy (non-hydrogen) atoms. The molecule has 90 valence electrons. The molecule has 3 rings (SSSR count). The lowest BCUT2D eigenvalue weighted by molar-refractivity contribution is -0.109. The number of hydrogen-bond donors (Lipinski definition) is 0. The first kappa shape index (κ1) is 11.3. The van der Waals surface area contributed by atoms with Gasteiger partial charge in [0, 0.05) is 16.4 Å². The average Bonchev–Trinajstić information content (AvgIpc) is 2.83. The van der Waals surface area contributed by atoms with E-state index in [-0.39, 0.29) is 11.3 Å². The fourth-order valence-corrected chi connectivity index (χ4v) is 4.06. The van der Waals surface area contributed by atoms with Crippen LogP contribution in [0.3, 0.4) is 0 Å². The molecule has 2 aliphatic rings. The summed E-state index contributed by atoms with van der Waals surface area (Å²) in [5.41, 5.74) is 1.29. The monoisotopic (exact) mass is 248 g/mol. The van der Waals surface area contributed by atoms with Gasteiger partial charge in [-0.2, -0.15) is 0 Å². The molecule has 0 bridgehead atoms. The van der Waals surface area contributed by atoms with E-state index in [1.165, 1.54) is 31.2 Å². The van der Waals surface area contributed by atoms with Gasteiger partial charge in [-0.1, -0.05) is 42.6 Å².